The lowest BCUT2D eigenvalue weighted by molar-refractivity contribution is 0.0732. The van der Waals surface area contributed by atoms with E-state index in [1.165, 1.54) is 29.5 Å². The van der Waals surface area contributed by atoms with Gasteiger partial charge in [0.2, 0.25) is 0 Å². The highest BCUT2D eigenvalue weighted by molar-refractivity contribution is 6.07. The first-order chi connectivity index (χ1) is 12.7. The zero-order valence-corrected chi connectivity index (χ0v) is 15.0. The lowest BCUT2D eigenvalue weighted by Crippen LogP contribution is -2.31. The normalized spacial score (nSPS) is 19.9. The Morgan fingerprint density at radius 1 is 1.23 bits per heavy atom. The van der Waals surface area contributed by atoms with Crippen LogP contribution in [0.2, 0.25) is 0 Å². The topological polar surface area (TPSA) is 77.7 Å². The Morgan fingerprint density at radius 3 is 2.96 bits per heavy atom. The van der Waals surface area contributed by atoms with Crippen LogP contribution in [0.1, 0.15) is 65.0 Å². The monoisotopic (exact) mass is 349 g/mol. The number of likely N-dealkylation sites (tertiary alicyclic amines) is 1. The molecule has 0 spiro atoms. The fourth-order valence-corrected chi connectivity index (χ4v) is 4.55. The number of amides is 1. The number of carbonyl (C=O) groups is 1. The third-order valence-corrected chi connectivity index (χ3v) is 5.79. The average Bonchev–Trinajstić information content (AvgIpc) is 3.38. The molecular formula is C20H23N5O. The molecule has 2 aliphatic rings. The predicted molar refractivity (Wildman–Crippen MR) is 99.1 cm³/mol. The summed E-state index contributed by atoms with van der Waals surface area (Å²) in [6.45, 7) is 2.65. The van der Waals surface area contributed by atoms with E-state index in [2.05, 4.69) is 26.2 Å². The highest BCUT2D eigenvalue weighted by Crippen LogP contribution is 2.35. The first-order valence-corrected chi connectivity index (χ1v) is 9.54. The van der Waals surface area contributed by atoms with Gasteiger partial charge in [0.05, 0.1) is 17.1 Å². The van der Waals surface area contributed by atoms with Crippen molar-refractivity contribution in [2.75, 3.05) is 6.54 Å². The van der Waals surface area contributed by atoms with Gasteiger partial charge in [-0.05, 0) is 57.1 Å². The second kappa shape index (κ2) is 5.97. The van der Waals surface area contributed by atoms with Crippen LogP contribution in [0.3, 0.4) is 0 Å². The van der Waals surface area contributed by atoms with E-state index in [9.17, 15) is 4.79 Å². The molecule has 1 unspecified atom stereocenters. The van der Waals surface area contributed by atoms with E-state index in [0.717, 1.165) is 55.0 Å². The van der Waals surface area contributed by atoms with Crippen molar-refractivity contribution in [3.8, 4) is 0 Å². The summed E-state index contributed by atoms with van der Waals surface area (Å²) in [4.78, 5) is 23.4. The lowest BCUT2D eigenvalue weighted by Gasteiger charge is -2.23. The molecule has 6 nitrogen and oxygen atoms in total. The van der Waals surface area contributed by atoms with Gasteiger partial charge in [-0.2, -0.15) is 5.10 Å². The molecule has 3 heterocycles. The Balaban J connectivity index is 1.55. The quantitative estimate of drug-likeness (QED) is 0.744. The van der Waals surface area contributed by atoms with Gasteiger partial charge in [-0.1, -0.05) is 12.1 Å². The van der Waals surface area contributed by atoms with E-state index in [1.807, 2.05) is 24.0 Å². The second-order valence-corrected chi connectivity index (χ2v) is 7.45. The molecule has 1 fully saturated rings. The van der Waals surface area contributed by atoms with Crippen molar-refractivity contribution in [1.82, 2.24) is 25.1 Å². The fourth-order valence-electron chi connectivity index (χ4n) is 4.55. The van der Waals surface area contributed by atoms with Crippen molar-refractivity contribution in [2.45, 2.75) is 51.5 Å². The zero-order valence-electron chi connectivity index (χ0n) is 15.0. The molecule has 6 heteroatoms. The molecule has 2 N–H and O–H groups in total. The van der Waals surface area contributed by atoms with Gasteiger partial charge in [0.15, 0.2) is 5.82 Å². The van der Waals surface area contributed by atoms with Crippen LogP contribution in [-0.2, 0) is 12.8 Å². The van der Waals surface area contributed by atoms with Crippen LogP contribution >= 0.6 is 0 Å². The Bertz CT molecular complexity index is 985. The summed E-state index contributed by atoms with van der Waals surface area (Å²) in [5.41, 5.74) is 4.50. The molecule has 1 aliphatic carbocycles. The van der Waals surface area contributed by atoms with Crippen molar-refractivity contribution in [2.24, 2.45) is 0 Å². The van der Waals surface area contributed by atoms with Crippen LogP contribution in [0.4, 0.5) is 0 Å². The van der Waals surface area contributed by atoms with E-state index < -0.39 is 0 Å². The minimum absolute atomic E-state index is 0.0349. The summed E-state index contributed by atoms with van der Waals surface area (Å²) in [6, 6.07) is 6.07. The summed E-state index contributed by atoms with van der Waals surface area (Å²) in [5.74, 6) is 1.60. The first kappa shape index (κ1) is 15.6. The minimum atomic E-state index is -0.0349. The van der Waals surface area contributed by atoms with E-state index in [-0.39, 0.29) is 11.9 Å². The number of hydrogen-bond acceptors (Lipinski definition) is 3. The van der Waals surface area contributed by atoms with Gasteiger partial charge in [-0.15, -0.1) is 0 Å². The van der Waals surface area contributed by atoms with Crippen molar-refractivity contribution in [3.05, 3.63) is 46.7 Å². The molecule has 134 valence electrons. The number of para-hydroxylation sites is 1. The molecule has 1 saturated heterocycles. The van der Waals surface area contributed by atoms with E-state index in [0.29, 0.717) is 0 Å². The maximum Gasteiger partial charge on any atom is 0.256 e. The number of fused-ring (bicyclic) bond motifs is 3. The van der Waals surface area contributed by atoms with Gasteiger partial charge in [0.1, 0.15) is 5.82 Å². The third-order valence-electron chi connectivity index (χ3n) is 5.79. The van der Waals surface area contributed by atoms with E-state index in [4.69, 9.17) is 0 Å². The summed E-state index contributed by atoms with van der Waals surface area (Å²) in [7, 11) is 0. The second-order valence-electron chi connectivity index (χ2n) is 7.45. The molecule has 0 bridgehead atoms. The molecule has 1 atom stereocenters. The Kier molecular flexibility index (Phi) is 3.58. The summed E-state index contributed by atoms with van der Waals surface area (Å²) in [6.07, 6.45) is 6.55. The maximum atomic E-state index is 13.4. The standard InChI is InChI=1S/C20H23N5O/c1-12-21-19(24-23-12)17-10-5-11-25(17)20(26)15-8-4-7-14-13-6-2-3-9-16(13)22-18(14)15/h4,7-8,17,22H,2-3,5-6,9-11H2,1H3,(H,21,23,24). The molecule has 0 saturated carbocycles. The number of carbonyl (C=O) groups excluding carboxylic acids is 1. The fraction of sp³-hybridized carbons (Fsp3) is 0.450. The Labute approximate surface area is 152 Å². The highest BCUT2D eigenvalue weighted by atomic mass is 16.2. The van der Waals surface area contributed by atoms with Gasteiger partial charge in [-0.3, -0.25) is 9.89 Å². The largest absolute Gasteiger partial charge is 0.358 e. The van der Waals surface area contributed by atoms with Gasteiger partial charge in [-0.25, -0.2) is 4.98 Å². The highest BCUT2D eigenvalue weighted by Gasteiger charge is 2.34. The average molecular weight is 349 g/mol. The number of nitrogens with one attached hydrogen (secondary N) is 2. The number of nitrogens with zero attached hydrogens (tertiary/aromatic N) is 3. The van der Waals surface area contributed by atoms with Crippen molar-refractivity contribution in [3.63, 3.8) is 0 Å². The SMILES string of the molecule is Cc1nc(C2CCCN2C(=O)c2cccc3c4c([nH]c23)CCCC4)n[nH]1. The van der Waals surface area contributed by atoms with E-state index in [1.54, 1.807) is 0 Å². The molecule has 5 rings (SSSR count). The van der Waals surface area contributed by atoms with Gasteiger partial charge in [0.25, 0.3) is 5.91 Å². The number of aryl methyl sites for hydroxylation is 3. The summed E-state index contributed by atoms with van der Waals surface area (Å²) in [5, 5.41) is 8.42. The van der Waals surface area contributed by atoms with Crippen LogP contribution in [0.25, 0.3) is 10.9 Å². The molecule has 1 aliphatic heterocycles. The molecule has 3 aromatic rings. The van der Waals surface area contributed by atoms with Gasteiger partial charge < -0.3 is 9.88 Å². The van der Waals surface area contributed by atoms with Crippen LogP contribution in [0.15, 0.2) is 18.2 Å². The zero-order chi connectivity index (χ0) is 17.7. The third kappa shape index (κ3) is 2.35. The van der Waals surface area contributed by atoms with Gasteiger partial charge in [0, 0.05) is 17.6 Å². The number of rotatable bonds is 2. The molecule has 0 radical (unpaired) electrons. The first-order valence-electron chi connectivity index (χ1n) is 9.54. The van der Waals surface area contributed by atoms with Crippen LogP contribution in [0, 0.1) is 6.92 Å². The molecular weight excluding hydrogens is 326 g/mol. The van der Waals surface area contributed by atoms with Crippen LogP contribution < -0.4 is 0 Å². The summed E-state index contributed by atoms with van der Waals surface area (Å²) < 4.78 is 0. The smallest absolute Gasteiger partial charge is 0.256 e. The predicted octanol–water partition coefficient (Wildman–Crippen LogP) is 3.45. The Morgan fingerprint density at radius 2 is 2.12 bits per heavy atom. The van der Waals surface area contributed by atoms with Crippen molar-refractivity contribution < 1.29 is 4.79 Å². The van der Waals surface area contributed by atoms with Crippen LogP contribution in [-0.4, -0.2) is 37.5 Å². The molecule has 2 aromatic heterocycles. The summed E-state index contributed by atoms with van der Waals surface area (Å²) >= 11 is 0. The number of benzene rings is 1. The Hall–Kier alpha value is -2.63. The van der Waals surface area contributed by atoms with Crippen LogP contribution in [0.5, 0.6) is 0 Å². The number of aromatic nitrogens is 4. The maximum absolute atomic E-state index is 13.4. The minimum Gasteiger partial charge on any atom is -0.358 e. The van der Waals surface area contributed by atoms with Crippen molar-refractivity contribution >= 4 is 16.8 Å². The lowest BCUT2D eigenvalue weighted by atomic mass is 9.95. The molecule has 1 amide bonds. The van der Waals surface area contributed by atoms with E-state index >= 15 is 0 Å². The van der Waals surface area contributed by atoms with Gasteiger partial charge >= 0.3 is 0 Å². The number of H-pyrrole nitrogens is 2. The molecule has 1 aromatic carbocycles. The number of aromatic amines is 2. The van der Waals surface area contributed by atoms with Crippen molar-refractivity contribution in [1.29, 1.82) is 0 Å². The molecule has 26 heavy (non-hydrogen) atoms. The number of hydrogen-bond donors (Lipinski definition) is 2.